The highest BCUT2D eigenvalue weighted by molar-refractivity contribution is 7.99. The first-order valence-electron chi connectivity index (χ1n) is 9.48. The van der Waals surface area contributed by atoms with Crippen LogP contribution in [0.15, 0.2) is 53.7 Å². The molecular weight excluding hydrogens is 402 g/mol. The molecule has 1 aliphatic carbocycles. The molecule has 2 aromatic carbocycles. The van der Waals surface area contributed by atoms with E-state index in [2.05, 4.69) is 31.1 Å². The monoisotopic (exact) mass is 421 g/mol. The minimum atomic E-state index is -0.0960. The topological polar surface area (TPSA) is 72.7 Å². The van der Waals surface area contributed by atoms with Crippen molar-refractivity contribution in [3.8, 4) is 5.69 Å². The van der Waals surface area contributed by atoms with Crippen LogP contribution < -0.4 is 5.32 Å². The van der Waals surface area contributed by atoms with Crippen LogP contribution in [0, 0.1) is 6.92 Å². The lowest BCUT2D eigenvalue weighted by atomic mass is 10.2. The molecule has 0 aliphatic heterocycles. The van der Waals surface area contributed by atoms with Gasteiger partial charge in [0.15, 0.2) is 10.3 Å². The molecule has 146 valence electrons. The van der Waals surface area contributed by atoms with Crippen molar-refractivity contribution in [2.45, 2.75) is 30.8 Å². The maximum atomic E-state index is 12.5. The lowest BCUT2D eigenvalue weighted by Gasteiger charge is -2.09. The Morgan fingerprint density at radius 3 is 2.83 bits per heavy atom. The van der Waals surface area contributed by atoms with E-state index in [0.717, 1.165) is 39.7 Å². The van der Waals surface area contributed by atoms with Crippen molar-refractivity contribution in [3.63, 3.8) is 0 Å². The second-order valence-corrected chi connectivity index (χ2v) is 9.09. The molecule has 0 spiro atoms. The van der Waals surface area contributed by atoms with Crippen LogP contribution in [0.3, 0.4) is 0 Å². The number of rotatable bonds is 6. The number of hydrogen-bond acceptors (Lipinski definition) is 6. The van der Waals surface area contributed by atoms with E-state index in [0.29, 0.717) is 11.0 Å². The number of carbonyl (C=O) groups excluding carboxylic acids is 1. The SMILES string of the molecule is Cc1ccc2nc(NC(=O)CSc3nnc(C4CC4)n3-c3ccccc3)sc2c1. The molecule has 0 unspecified atom stereocenters. The van der Waals surface area contributed by atoms with Crippen molar-refractivity contribution in [1.82, 2.24) is 19.7 Å². The summed E-state index contributed by atoms with van der Waals surface area (Å²) in [6.45, 7) is 2.05. The smallest absolute Gasteiger partial charge is 0.236 e. The number of para-hydroxylation sites is 1. The number of aromatic nitrogens is 4. The molecule has 1 fully saturated rings. The number of nitrogens with one attached hydrogen (secondary N) is 1. The molecule has 0 atom stereocenters. The first-order valence-corrected chi connectivity index (χ1v) is 11.3. The summed E-state index contributed by atoms with van der Waals surface area (Å²) >= 11 is 2.89. The van der Waals surface area contributed by atoms with E-state index in [1.54, 1.807) is 0 Å². The summed E-state index contributed by atoms with van der Waals surface area (Å²) < 4.78 is 3.15. The maximum Gasteiger partial charge on any atom is 0.236 e. The van der Waals surface area contributed by atoms with E-state index >= 15 is 0 Å². The molecule has 1 saturated carbocycles. The molecule has 29 heavy (non-hydrogen) atoms. The third-order valence-corrected chi connectivity index (χ3v) is 6.60. The number of thiazole rings is 1. The Labute approximate surface area is 176 Å². The number of aryl methyl sites for hydroxylation is 1. The number of amides is 1. The van der Waals surface area contributed by atoms with Crippen molar-refractivity contribution in [1.29, 1.82) is 0 Å². The number of nitrogens with zero attached hydrogens (tertiary/aromatic N) is 4. The van der Waals surface area contributed by atoms with E-state index in [4.69, 9.17) is 0 Å². The molecule has 0 bridgehead atoms. The summed E-state index contributed by atoms with van der Waals surface area (Å²) in [7, 11) is 0. The third kappa shape index (κ3) is 3.90. The van der Waals surface area contributed by atoms with Gasteiger partial charge in [-0.2, -0.15) is 0 Å². The van der Waals surface area contributed by atoms with Crippen LogP contribution in [0.4, 0.5) is 5.13 Å². The predicted molar refractivity (Wildman–Crippen MR) is 117 cm³/mol. The van der Waals surface area contributed by atoms with Crippen LogP contribution in [-0.2, 0) is 4.79 Å². The van der Waals surface area contributed by atoms with E-state index in [9.17, 15) is 4.79 Å². The van der Waals surface area contributed by atoms with Gasteiger partial charge in [-0.05, 0) is 49.6 Å². The van der Waals surface area contributed by atoms with Crippen LogP contribution in [0.2, 0.25) is 0 Å². The van der Waals surface area contributed by atoms with Gasteiger partial charge < -0.3 is 5.32 Å². The molecule has 1 amide bonds. The van der Waals surface area contributed by atoms with Crippen molar-refractivity contribution in [2.24, 2.45) is 0 Å². The fraction of sp³-hybridized carbons (Fsp3) is 0.238. The van der Waals surface area contributed by atoms with E-state index in [-0.39, 0.29) is 11.7 Å². The second kappa shape index (κ2) is 7.61. The molecule has 2 heterocycles. The maximum absolute atomic E-state index is 12.5. The Bertz CT molecular complexity index is 1180. The van der Waals surface area contributed by atoms with Gasteiger partial charge in [0.25, 0.3) is 0 Å². The summed E-state index contributed by atoms with van der Waals surface area (Å²) in [4.78, 5) is 17.0. The van der Waals surface area contributed by atoms with Gasteiger partial charge in [-0.15, -0.1) is 10.2 Å². The number of thioether (sulfide) groups is 1. The van der Waals surface area contributed by atoms with E-state index in [1.165, 1.54) is 28.7 Å². The average Bonchev–Trinajstić information content (AvgIpc) is 3.36. The van der Waals surface area contributed by atoms with Crippen LogP contribution >= 0.6 is 23.1 Å². The minimum Gasteiger partial charge on any atom is -0.301 e. The molecule has 8 heteroatoms. The molecule has 5 rings (SSSR count). The van der Waals surface area contributed by atoms with Crippen molar-refractivity contribution in [2.75, 3.05) is 11.1 Å². The number of benzene rings is 2. The molecule has 0 saturated heterocycles. The highest BCUT2D eigenvalue weighted by Gasteiger charge is 2.31. The number of anilines is 1. The molecule has 6 nitrogen and oxygen atoms in total. The van der Waals surface area contributed by atoms with Crippen LogP contribution in [0.25, 0.3) is 15.9 Å². The Morgan fingerprint density at radius 2 is 2.03 bits per heavy atom. The van der Waals surface area contributed by atoms with Gasteiger partial charge in [0.1, 0.15) is 5.82 Å². The van der Waals surface area contributed by atoms with Crippen molar-refractivity contribution in [3.05, 3.63) is 59.9 Å². The first kappa shape index (κ1) is 18.3. The second-order valence-electron chi connectivity index (χ2n) is 7.11. The molecular formula is C21H19N5OS2. The molecule has 2 aromatic heterocycles. The van der Waals surface area contributed by atoms with Gasteiger partial charge >= 0.3 is 0 Å². The lowest BCUT2D eigenvalue weighted by Crippen LogP contribution is -2.14. The number of carbonyl (C=O) groups is 1. The first-order chi connectivity index (χ1) is 14.2. The van der Waals surface area contributed by atoms with Crippen LogP contribution in [-0.4, -0.2) is 31.4 Å². The fourth-order valence-corrected chi connectivity index (χ4v) is 4.91. The quantitative estimate of drug-likeness (QED) is 0.453. The lowest BCUT2D eigenvalue weighted by molar-refractivity contribution is -0.113. The zero-order valence-electron chi connectivity index (χ0n) is 15.8. The van der Waals surface area contributed by atoms with E-state index < -0.39 is 0 Å². The highest BCUT2D eigenvalue weighted by atomic mass is 32.2. The zero-order valence-corrected chi connectivity index (χ0v) is 17.5. The van der Waals surface area contributed by atoms with Gasteiger partial charge in [-0.25, -0.2) is 4.98 Å². The minimum absolute atomic E-state index is 0.0960. The Morgan fingerprint density at radius 1 is 1.21 bits per heavy atom. The summed E-state index contributed by atoms with van der Waals surface area (Å²) in [5.41, 5.74) is 3.12. The van der Waals surface area contributed by atoms with Gasteiger partial charge in [0, 0.05) is 11.6 Å². The van der Waals surface area contributed by atoms with Gasteiger partial charge in [-0.3, -0.25) is 9.36 Å². The Hall–Kier alpha value is -2.71. The van der Waals surface area contributed by atoms with Crippen molar-refractivity contribution < 1.29 is 4.79 Å². The summed E-state index contributed by atoms with van der Waals surface area (Å²) in [6, 6.07) is 16.2. The summed E-state index contributed by atoms with van der Waals surface area (Å²) in [6.07, 6.45) is 2.29. The molecule has 4 aromatic rings. The predicted octanol–water partition coefficient (Wildman–Crippen LogP) is 4.79. The average molecular weight is 422 g/mol. The fourth-order valence-electron chi connectivity index (χ4n) is 3.17. The molecule has 1 N–H and O–H groups in total. The number of fused-ring (bicyclic) bond motifs is 1. The van der Waals surface area contributed by atoms with Gasteiger partial charge in [0.2, 0.25) is 5.91 Å². The zero-order chi connectivity index (χ0) is 19.8. The van der Waals surface area contributed by atoms with Crippen molar-refractivity contribution >= 4 is 44.4 Å². The highest BCUT2D eigenvalue weighted by Crippen LogP contribution is 2.41. The largest absolute Gasteiger partial charge is 0.301 e. The Kier molecular flexibility index (Phi) is 4.81. The Balaban J connectivity index is 1.31. The van der Waals surface area contributed by atoms with Crippen LogP contribution in [0.5, 0.6) is 0 Å². The molecule has 0 radical (unpaired) electrons. The third-order valence-electron chi connectivity index (χ3n) is 4.74. The van der Waals surface area contributed by atoms with Gasteiger partial charge in [0.05, 0.1) is 16.0 Å². The standard InChI is InChI=1S/C21H19N5OS2/c1-13-7-10-16-17(11-13)29-20(22-16)23-18(27)12-28-21-25-24-19(14-8-9-14)26(21)15-5-3-2-4-6-15/h2-7,10-11,14H,8-9,12H2,1H3,(H,22,23,27). The van der Waals surface area contributed by atoms with E-state index in [1.807, 2.05) is 49.4 Å². The molecule has 1 aliphatic rings. The van der Waals surface area contributed by atoms with Gasteiger partial charge in [-0.1, -0.05) is 47.4 Å². The summed E-state index contributed by atoms with van der Waals surface area (Å²) in [5.74, 6) is 1.61. The number of hydrogen-bond donors (Lipinski definition) is 1. The normalized spacial score (nSPS) is 13.7. The summed E-state index contributed by atoms with van der Waals surface area (Å²) in [5, 5.41) is 13.0. The van der Waals surface area contributed by atoms with Crippen LogP contribution in [0.1, 0.15) is 30.1 Å².